The highest BCUT2D eigenvalue weighted by atomic mass is 16.6. The zero-order valence-electron chi connectivity index (χ0n) is 43.2. The average Bonchev–Trinajstić information content (AvgIpc) is 3.31. The van der Waals surface area contributed by atoms with Gasteiger partial charge in [-0.25, -0.2) is 0 Å². The lowest BCUT2D eigenvalue weighted by Crippen LogP contribution is -2.30. The third kappa shape index (κ3) is 51.6. The normalized spacial score (nSPS) is 12.7. The molecule has 0 saturated carbocycles. The van der Waals surface area contributed by atoms with Gasteiger partial charge < -0.3 is 14.2 Å². The van der Waals surface area contributed by atoms with Crippen molar-refractivity contribution in [3.05, 3.63) is 85.1 Å². The molecule has 1 atom stereocenters. The highest BCUT2D eigenvalue weighted by molar-refractivity contribution is 5.71. The molecule has 0 N–H and O–H groups in total. The van der Waals surface area contributed by atoms with Crippen molar-refractivity contribution in [1.82, 2.24) is 0 Å². The van der Waals surface area contributed by atoms with E-state index in [4.69, 9.17) is 14.2 Å². The molecular weight excluding hydrogens is 817 g/mol. The number of carbonyl (C=O) groups excluding carboxylic acids is 3. The van der Waals surface area contributed by atoms with Gasteiger partial charge in [-0.15, -0.1) is 0 Å². The molecule has 1 unspecified atom stereocenters. The van der Waals surface area contributed by atoms with Gasteiger partial charge in [-0.3, -0.25) is 14.4 Å². The number of allylic oxidation sites excluding steroid dienone is 14. The number of rotatable bonds is 49. The largest absolute Gasteiger partial charge is 0.462 e. The van der Waals surface area contributed by atoms with Gasteiger partial charge in [0.05, 0.1) is 0 Å². The van der Waals surface area contributed by atoms with Crippen molar-refractivity contribution in [2.75, 3.05) is 13.2 Å². The highest BCUT2D eigenvalue weighted by Gasteiger charge is 2.19. The standard InChI is InChI=1S/C60H102O6/c1-4-7-10-13-16-18-20-22-24-26-28-30-32-34-36-38-40-42-44-47-50-53-59(62)65-56-57(55-64-58(61)52-49-46-15-12-9-6-3)66-60(63)54-51-48-45-43-41-39-37-35-33-31-29-27-25-23-21-19-17-14-11-8-5-2/h7,10,16,18,22,24,27-30,34,36,40,42,57H,4-6,8-9,11-15,17,19-21,23,25-26,31-33,35,37-39,41,43-56H2,1-3H3/b10-7-,18-16-,24-22-,29-27-,30-28-,36-34-,42-40-. The van der Waals surface area contributed by atoms with Crippen molar-refractivity contribution in [3.63, 3.8) is 0 Å². The van der Waals surface area contributed by atoms with Gasteiger partial charge in [0.15, 0.2) is 6.10 Å². The van der Waals surface area contributed by atoms with Crippen LogP contribution in [0.25, 0.3) is 0 Å². The fourth-order valence-corrected chi connectivity index (χ4v) is 7.50. The molecule has 0 aliphatic rings. The van der Waals surface area contributed by atoms with Gasteiger partial charge in [-0.05, 0) is 96.3 Å². The van der Waals surface area contributed by atoms with Crippen molar-refractivity contribution >= 4 is 17.9 Å². The van der Waals surface area contributed by atoms with E-state index in [9.17, 15) is 14.4 Å². The minimum absolute atomic E-state index is 0.0913. The molecule has 66 heavy (non-hydrogen) atoms. The van der Waals surface area contributed by atoms with Crippen molar-refractivity contribution < 1.29 is 28.6 Å². The van der Waals surface area contributed by atoms with E-state index in [1.807, 2.05) is 0 Å². The molecule has 0 saturated heterocycles. The molecule has 0 spiro atoms. The second-order valence-corrected chi connectivity index (χ2v) is 18.1. The van der Waals surface area contributed by atoms with Crippen molar-refractivity contribution in [2.24, 2.45) is 0 Å². The minimum atomic E-state index is -0.792. The van der Waals surface area contributed by atoms with Crippen LogP contribution in [0.1, 0.15) is 258 Å². The minimum Gasteiger partial charge on any atom is -0.462 e. The molecule has 0 radical (unpaired) electrons. The first kappa shape index (κ1) is 62.6. The second-order valence-electron chi connectivity index (χ2n) is 18.1. The quantitative estimate of drug-likeness (QED) is 0.0262. The highest BCUT2D eigenvalue weighted by Crippen LogP contribution is 2.15. The van der Waals surface area contributed by atoms with Crippen molar-refractivity contribution in [2.45, 2.75) is 264 Å². The first-order valence-electron chi connectivity index (χ1n) is 27.6. The van der Waals surface area contributed by atoms with Crippen LogP contribution in [0.2, 0.25) is 0 Å². The van der Waals surface area contributed by atoms with E-state index in [0.29, 0.717) is 19.3 Å². The third-order valence-electron chi connectivity index (χ3n) is 11.6. The molecule has 0 aliphatic carbocycles. The summed E-state index contributed by atoms with van der Waals surface area (Å²) in [5.41, 5.74) is 0. The molecule has 0 aromatic rings. The van der Waals surface area contributed by atoms with Gasteiger partial charge >= 0.3 is 17.9 Å². The summed E-state index contributed by atoms with van der Waals surface area (Å²) in [7, 11) is 0. The number of esters is 3. The van der Waals surface area contributed by atoms with Crippen molar-refractivity contribution in [1.29, 1.82) is 0 Å². The second kappa shape index (κ2) is 54.2. The van der Waals surface area contributed by atoms with E-state index in [2.05, 4.69) is 106 Å². The lowest BCUT2D eigenvalue weighted by Gasteiger charge is -2.18. The first-order chi connectivity index (χ1) is 32.5. The average molecular weight is 919 g/mol. The van der Waals surface area contributed by atoms with E-state index in [1.165, 1.54) is 122 Å². The lowest BCUT2D eigenvalue weighted by atomic mass is 10.1. The van der Waals surface area contributed by atoms with Gasteiger partial charge in [0, 0.05) is 19.3 Å². The third-order valence-corrected chi connectivity index (χ3v) is 11.6. The summed E-state index contributed by atoms with van der Waals surface area (Å²) >= 11 is 0. The lowest BCUT2D eigenvalue weighted by molar-refractivity contribution is -0.167. The maximum Gasteiger partial charge on any atom is 0.306 e. The predicted octanol–water partition coefficient (Wildman–Crippen LogP) is 18.4. The van der Waals surface area contributed by atoms with Crippen LogP contribution in [-0.2, 0) is 28.6 Å². The van der Waals surface area contributed by atoms with E-state index in [-0.39, 0.29) is 31.1 Å². The summed E-state index contributed by atoms with van der Waals surface area (Å²) in [4.78, 5) is 37.8. The fraction of sp³-hybridized carbons (Fsp3) is 0.717. The Hall–Kier alpha value is -3.41. The van der Waals surface area contributed by atoms with Crippen LogP contribution < -0.4 is 0 Å². The SMILES string of the molecule is CC/C=C\C/C=C\C/C=C\C/C=C\C/C=C\C/C=C\CCCCC(=O)OCC(COC(=O)CCCCCCCC)OC(=O)CCCCCCCCCCC/C=C\CCCCCCCCCC. The van der Waals surface area contributed by atoms with E-state index in [0.717, 1.165) is 96.3 Å². The molecular formula is C60H102O6. The molecule has 6 nitrogen and oxygen atoms in total. The molecule has 0 aliphatic heterocycles. The van der Waals surface area contributed by atoms with Crippen LogP contribution in [0, 0.1) is 0 Å². The first-order valence-corrected chi connectivity index (χ1v) is 27.6. The van der Waals surface area contributed by atoms with Crippen LogP contribution in [0.4, 0.5) is 0 Å². The Morgan fingerprint density at radius 2 is 0.591 bits per heavy atom. The topological polar surface area (TPSA) is 78.9 Å². The van der Waals surface area contributed by atoms with Gasteiger partial charge in [0.1, 0.15) is 13.2 Å². The van der Waals surface area contributed by atoms with E-state index in [1.54, 1.807) is 0 Å². The van der Waals surface area contributed by atoms with Gasteiger partial charge in [-0.1, -0.05) is 228 Å². The predicted molar refractivity (Wildman–Crippen MR) is 284 cm³/mol. The Morgan fingerprint density at radius 3 is 0.970 bits per heavy atom. The molecule has 0 fully saturated rings. The monoisotopic (exact) mass is 919 g/mol. The van der Waals surface area contributed by atoms with Crippen LogP contribution in [0.3, 0.4) is 0 Å². The van der Waals surface area contributed by atoms with Crippen LogP contribution >= 0.6 is 0 Å². The van der Waals surface area contributed by atoms with Gasteiger partial charge in [0.25, 0.3) is 0 Å². The van der Waals surface area contributed by atoms with E-state index < -0.39 is 6.10 Å². The molecule has 0 amide bonds. The number of carbonyl (C=O) groups is 3. The number of unbranched alkanes of at least 4 members (excludes halogenated alkanes) is 24. The van der Waals surface area contributed by atoms with Crippen LogP contribution in [-0.4, -0.2) is 37.2 Å². The maximum atomic E-state index is 12.8. The number of hydrogen-bond donors (Lipinski definition) is 0. The summed E-state index contributed by atoms with van der Waals surface area (Å²) in [6, 6.07) is 0. The fourth-order valence-electron chi connectivity index (χ4n) is 7.50. The van der Waals surface area contributed by atoms with Gasteiger partial charge in [-0.2, -0.15) is 0 Å². The summed E-state index contributed by atoms with van der Waals surface area (Å²) in [5, 5.41) is 0. The summed E-state index contributed by atoms with van der Waals surface area (Å²) < 4.78 is 16.7. The molecule has 0 heterocycles. The molecule has 0 aromatic heterocycles. The smallest absolute Gasteiger partial charge is 0.306 e. The maximum absolute atomic E-state index is 12.8. The van der Waals surface area contributed by atoms with Crippen LogP contribution in [0.5, 0.6) is 0 Å². The molecule has 0 bridgehead atoms. The Bertz CT molecular complexity index is 1290. The molecule has 0 aromatic carbocycles. The summed E-state index contributed by atoms with van der Waals surface area (Å²) in [5.74, 6) is -0.946. The zero-order chi connectivity index (χ0) is 47.9. The number of ether oxygens (including phenoxy) is 3. The summed E-state index contributed by atoms with van der Waals surface area (Å²) in [6.45, 7) is 6.43. The zero-order valence-corrected chi connectivity index (χ0v) is 43.2. The van der Waals surface area contributed by atoms with Crippen molar-refractivity contribution in [3.8, 4) is 0 Å². The van der Waals surface area contributed by atoms with E-state index >= 15 is 0 Å². The molecule has 378 valence electrons. The Balaban J connectivity index is 4.26. The Kier molecular flexibility index (Phi) is 51.4. The molecule has 6 heteroatoms. The Labute approximate surface area is 407 Å². The number of hydrogen-bond acceptors (Lipinski definition) is 6. The Morgan fingerprint density at radius 1 is 0.318 bits per heavy atom. The summed E-state index contributed by atoms with van der Waals surface area (Å²) in [6.07, 6.45) is 70.3. The van der Waals surface area contributed by atoms with Crippen LogP contribution in [0.15, 0.2) is 85.1 Å². The van der Waals surface area contributed by atoms with Gasteiger partial charge in [0.2, 0.25) is 0 Å². The molecule has 0 rings (SSSR count).